The average Bonchev–Trinajstić information content (AvgIpc) is 3.57. The van der Waals surface area contributed by atoms with E-state index in [2.05, 4.69) is 10.6 Å². The monoisotopic (exact) mass is 440 g/mol. The highest BCUT2D eigenvalue weighted by Gasteiger charge is 2.43. The molecular formula is C24H32N4O4. The number of carbonyl (C=O) groups is 3. The van der Waals surface area contributed by atoms with Crippen molar-refractivity contribution in [3.63, 3.8) is 0 Å². The van der Waals surface area contributed by atoms with E-state index in [0.717, 1.165) is 36.9 Å². The van der Waals surface area contributed by atoms with Gasteiger partial charge in [0.15, 0.2) is 0 Å². The number of hydrogen-bond donors (Lipinski definition) is 4. The Balaban J connectivity index is 1.34. The van der Waals surface area contributed by atoms with E-state index in [1.807, 2.05) is 18.2 Å². The Labute approximate surface area is 187 Å². The minimum absolute atomic E-state index is 0.146. The van der Waals surface area contributed by atoms with Gasteiger partial charge in [0, 0.05) is 42.4 Å². The summed E-state index contributed by atoms with van der Waals surface area (Å²) in [6, 6.07) is 5.44. The molecule has 2 aliphatic carbocycles. The number of aliphatic hydroxyl groups is 1. The molecule has 8 nitrogen and oxygen atoms in total. The fraction of sp³-hybridized carbons (Fsp3) is 0.625. The molecular weight excluding hydrogens is 408 g/mol. The van der Waals surface area contributed by atoms with Gasteiger partial charge in [0.2, 0.25) is 11.8 Å². The number of nitrogens with two attached hydrogens (primary N) is 1. The van der Waals surface area contributed by atoms with Gasteiger partial charge in [0.25, 0.3) is 5.91 Å². The number of hydrogen-bond acceptors (Lipinski definition) is 6. The third-order valence-corrected chi connectivity index (χ3v) is 7.88. The molecule has 0 radical (unpaired) electrons. The highest BCUT2D eigenvalue weighted by Crippen LogP contribution is 2.44. The lowest BCUT2D eigenvalue weighted by Gasteiger charge is -2.39. The lowest BCUT2D eigenvalue weighted by molar-refractivity contribution is -0.136. The molecule has 2 aliphatic heterocycles. The minimum Gasteiger partial charge on any atom is -0.389 e. The van der Waals surface area contributed by atoms with Crippen LogP contribution in [0.4, 0.5) is 5.69 Å². The highest BCUT2D eigenvalue weighted by atomic mass is 16.3. The molecule has 0 unspecified atom stereocenters. The fourth-order valence-corrected chi connectivity index (χ4v) is 5.72. The lowest BCUT2D eigenvalue weighted by Crippen LogP contribution is -2.52. The third kappa shape index (κ3) is 3.90. The molecule has 0 bridgehead atoms. The second-order valence-corrected chi connectivity index (χ2v) is 10.0. The normalized spacial score (nSPS) is 31.3. The Morgan fingerprint density at radius 1 is 1.12 bits per heavy atom. The number of imide groups is 1. The van der Waals surface area contributed by atoms with Crippen LogP contribution in [-0.4, -0.2) is 52.0 Å². The molecule has 5 N–H and O–H groups in total. The molecule has 3 fully saturated rings. The van der Waals surface area contributed by atoms with Crippen molar-refractivity contribution in [2.45, 2.75) is 75.6 Å². The molecule has 4 aliphatic rings. The van der Waals surface area contributed by atoms with Crippen LogP contribution < -0.4 is 16.4 Å². The fourth-order valence-electron chi connectivity index (χ4n) is 5.72. The third-order valence-electron chi connectivity index (χ3n) is 7.88. The van der Waals surface area contributed by atoms with Gasteiger partial charge in [-0.1, -0.05) is 6.07 Å². The molecule has 2 heterocycles. The molecule has 1 saturated heterocycles. The molecule has 0 spiro atoms. The summed E-state index contributed by atoms with van der Waals surface area (Å²) in [6.07, 6.45) is 6.36. The van der Waals surface area contributed by atoms with Crippen LogP contribution >= 0.6 is 0 Å². The molecule has 32 heavy (non-hydrogen) atoms. The summed E-state index contributed by atoms with van der Waals surface area (Å²) in [4.78, 5) is 38.6. The van der Waals surface area contributed by atoms with Gasteiger partial charge in [-0.2, -0.15) is 0 Å². The van der Waals surface area contributed by atoms with Crippen LogP contribution in [0.5, 0.6) is 0 Å². The maximum Gasteiger partial charge on any atom is 0.255 e. The maximum atomic E-state index is 13.1. The van der Waals surface area contributed by atoms with Crippen molar-refractivity contribution >= 4 is 23.4 Å². The predicted molar refractivity (Wildman–Crippen MR) is 119 cm³/mol. The molecule has 1 aromatic rings. The number of amides is 3. The van der Waals surface area contributed by atoms with Crippen LogP contribution in [0.2, 0.25) is 0 Å². The Morgan fingerprint density at radius 3 is 2.50 bits per heavy atom. The minimum atomic E-state index is -0.729. The van der Waals surface area contributed by atoms with Gasteiger partial charge in [-0.3, -0.25) is 19.7 Å². The standard InChI is InChI=1S/C24H32N4O4/c25-13-24(32)10-8-15(9-11-24)21(14-4-5-14)26-18-3-1-2-16-17(18)12-28(23(16)31)19-6-7-20(29)27-22(19)30/h1-3,14-15,19,21,26,32H,4-13,25H2,(H,27,29,30)/t15?,19-,21-,24?/m1/s1. The van der Waals surface area contributed by atoms with Gasteiger partial charge in [-0.05, 0) is 68.9 Å². The molecule has 0 aromatic heterocycles. The Hall–Kier alpha value is -2.45. The van der Waals surface area contributed by atoms with Gasteiger partial charge in [-0.15, -0.1) is 0 Å². The largest absolute Gasteiger partial charge is 0.389 e. The van der Waals surface area contributed by atoms with E-state index in [1.165, 1.54) is 12.8 Å². The smallest absolute Gasteiger partial charge is 0.255 e. The van der Waals surface area contributed by atoms with Crippen molar-refractivity contribution in [1.29, 1.82) is 0 Å². The van der Waals surface area contributed by atoms with Crippen LogP contribution in [0.25, 0.3) is 0 Å². The first-order valence-corrected chi connectivity index (χ1v) is 11.8. The highest BCUT2D eigenvalue weighted by molar-refractivity contribution is 6.06. The van der Waals surface area contributed by atoms with Gasteiger partial charge < -0.3 is 21.1 Å². The number of carbonyl (C=O) groups excluding carboxylic acids is 3. The zero-order valence-corrected chi connectivity index (χ0v) is 18.3. The second kappa shape index (κ2) is 8.15. The number of fused-ring (bicyclic) bond motifs is 1. The van der Waals surface area contributed by atoms with Gasteiger partial charge in [0.05, 0.1) is 5.60 Å². The molecule has 5 rings (SSSR count). The van der Waals surface area contributed by atoms with E-state index in [-0.39, 0.29) is 24.1 Å². The van der Waals surface area contributed by atoms with Gasteiger partial charge >= 0.3 is 0 Å². The van der Waals surface area contributed by atoms with Crippen molar-refractivity contribution in [2.24, 2.45) is 17.6 Å². The molecule has 8 heteroatoms. The zero-order chi connectivity index (χ0) is 22.5. The van der Waals surface area contributed by atoms with E-state index < -0.39 is 11.6 Å². The number of piperidine rings is 1. The number of benzene rings is 1. The molecule has 172 valence electrons. The zero-order valence-electron chi connectivity index (χ0n) is 18.3. The summed E-state index contributed by atoms with van der Waals surface area (Å²) in [5, 5.41) is 16.7. The topological polar surface area (TPSA) is 125 Å². The quantitative estimate of drug-likeness (QED) is 0.497. The first-order chi connectivity index (χ1) is 15.4. The number of anilines is 1. The van der Waals surface area contributed by atoms with Crippen molar-refractivity contribution in [3.05, 3.63) is 29.3 Å². The summed E-state index contributed by atoms with van der Waals surface area (Å²) >= 11 is 0. The summed E-state index contributed by atoms with van der Waals surface area (Å²) in [5.74, 6) is 0.269. The summed E-state index contributed by atoms with van der Waals surface area (Å²) < 4.78 is 0. The van der Waals surface area contributed by atoms with Crippen LogP contribution in [0.3, 0.4) is 0 Å². The van der Waals surface area contributed by atoms with E-state index in [9.17, 15) is 19.5 Å². The Kier molecular flexibility index (Phi) is 5.45. The number of rotatable bonds is 6. The van der Waals surface area contributed by atoms with Crippen LogP contribution in [0.15, 0.2) is 18.2 Å². The van der Waals surface area contributed by atoms with E-state index in [0.29, 0.717) is 43.0 Å². The van der Waals surface area contributed by atoms with Crippen molar-refractivity contribution in [1.82, 2.24) is 10.2 Å². The molecule has 2 saturated carbocycles. The molecule has 2 atom stereocenters. The van der Waals surface area contributed by atoms with Crippen LogP contribution in [-0.2, 0) is 16.1 Å². The first-order valence-electron chi connectivity index (χ1n) is 11.8. The first kappa shape index (κ1) is 21.4. The molecule has 1 aromatic carbocycles. The number of nitrogens with one attached hydrogen (secondary N) is 2. The van der Waals surface area contributed by atoms with E-state index >= 15 is 0 Å². The summed E-state index contributed by atoms with van der Waals surface area (Å²) in [7, 11) is 0. The van der Waals surface area contributed by atoms with Crippen molar-refractivity contribution in [2.75, 3.05) is 11.9 Å². The Morgan fingerprint density at radius 2 is 1.84 bits per heavy atom. The second-order valence-electron chi connectivity index (χ2n) is 10.0. The Bertz CT molecular complexity index is 936. The SMILES string of the molecule is NCC1(O)CCC([C@H](Nc2cccc3c2CN([C@@H]2CCC(=O)NC2=O)C3=O)C2CC2)CC1. The lowest BCUT2D eigenvalue weighted by atomic mass is 9.74. The molecule has 3 amide bonds. The van der Waals surface area contributed by atoms with Crippen molar-refractivity contribution in [3.8, 4) is 0 Å². The van der Waals surface area contributed by atoms with E-state index in [4.69, 9.17) is 5.73 Å². The summed E-state index contributed by atoms with van der Waals surface area (Å²) in [5.41, 5.74) is 7.57. The van der Waals surface area contributed by atoms with Crippen molar-refractivity contribution < 1.29 is 19.5 Å². The summed E-state index contributed by atoms with van der Waals surface area (Å²) in [6.45, 7) is 0.685. The van der Waals surface area contributed by atoms with Crippen LogP contribution in [0.1, 0.15) is 67.3 Å². The van der Waals surface area contributed by atoms with Crippen LogP contribution in [0, 0.1) is 11.8 Å². The number of nitrogens with zero attached hydrogens (tertiary/aromatic N) is 1. The maximum absolute atomic E-state index is 13.1. The van der Waals surface area contributed by atoms with E-state index in [1.54, 1.807) is 4.90 Å². The van der Waals surface area contributed by atoms with Gasteiger partial charge in [0.1, 0.15) is 6.04 Å². The predicted octanol–water partition coefficient (Wildman–Crippen LogP) is 1.52. The average molecular weight is 441 g/mol. The van der Waals surface area contributed by atoms with Gasteiger partial charge in [-0.25, -0.2) is 0 Å².